The largest absolute Gasteiger partial charge is 0.487 e. The van der Waals surface area contributed by atoms with Crippen LogP contribution in [0.15, 0.2) is 79.1 Å². The Morgan fingerprint density at radius 2 is 1.60 bits per heavy atom. The van der Waals surface area contributed by atoms with Crippen LogP contribution in [0.25, 0.3) is 28.2 Å². The molecule has 9 nitrogen and oxygen atoms in total. The Kier molecular flexibility index (Phi) is 8.98. The van der Waals surface area contributed by atoms with Crippen LogP contribution in [-0.4, -0.2) is 32.2 Å². The van der Waals surface area contributed by atoms with Gasteiger partial charge in [-0.15, -0.1) is 5.10 Å². The van der Waals surface area contributed by atoms with Gasteiger partial charge in [-0.1, -0.05) is 59.6 Å². The molecule has 0 atom stereocenters. The predicted molar refractivity (Wildman–Crippen MR) is 178 cm³/mol. The van der Waals surface area contributed by atoms with Crippen molar-refractivity contribution in [1.82, 2.24) is 19.6 Å². The first-order valence-electron chi connectivity index (χ1n) is 14.4. The standard InChI is InChI=1S/C36H25Cl2N5O4/c1-21-25(19-46-34-14-33(26(18-45)13-30(34)37)47-20-32-24(15-39)7-5-11-40-32)6-3-8-27(21)28-9-4-10-29(22(28)2)35-41-36-31(38)12-23(17-44)16-43(36)42-35/h3-14,16-18H,19-20H2,1-2H3. The first-order chi connectivity index (χ1) is 22.8. The van der Waals surface area contributed by atoms with E-state index in [4.69, 9.17) is 32.7 Å². The first-order valence-corrected chi connectivity index (χ1v) is 15.1. The molecule has 0 spiro atoms. The number of aldehydes is 2. The summed E-state index contributed by atoms with van der Waals surface area (Å²) in [6.07, 6.45) is 4.53. The fraction of sp³-hybridized carbons (Fsp3) is 0.111. The Bertz CT molecular complexity index is 2220. The van der Waals surface area contributed by atoms with Gasteiger partial charge in [0.15, 0.2) is 24.0 Å². The molecule has 0 bridgehead atoms. The quantitative estimate of drug-likeness (QED) is 0.135. The van der Waals surface area contributed by atoms with E-state index >= 15 is 0 Å². The highest BCUT2D eigenvalue weighted by Gasteiger charge is 2.18. The van der Waals surface area contributed by atoms with Gasteiger partial charge in [-0.25, -0.2) is 9.50 Å². The molecule has 3 heterocycles. The number of rotatable bonds is 10. The van der Waals surface area contributed by atoms with Crippen molar-refractivity contribution >= 4 is 41.4 Å². The van der Waals surface area contributed by atoms with E-state index in [2.05, 4.69) is 21.1 Å². The molecule has 0 saturated heterocycles. The molecule has 3 aromatic heterocycles. The van der Waals surface area contributed by atoms with Crippen LogP contribution >= 0.6 is 23.2 Å². The highest BCUT2D eigenvalue weighted by Crippen LogP contribution is 2.36. The van der Waals surface area contributed by atoms with Gasteiger partial charge in [-0.2, -0.15) is 5.26 Å². The topological polar surface area (TPSA) is 119 Å². The number of halogens is 2. The monoisotopic (exact) mass is 661 g/mol. The molecule has 0 radical (unpaired) electrons. The van der Waals surface area contributed by atoms with Crippen LogP contribution < -0.4 is 9.47 Å². The molecule has 0 N–H and O–H groups in total. The van der Waals surface area contributed by atoms with Crippen LogP contribution in [0.2, 0.25) is 10.0 Å². The molecular formula is C36H25Cl2N5O4. The van der Waals surface area contributed by atoms with Crippen LogP contribution in [0.5, 0.6) is 11.5 Å². The number of benzene rings is 3. The minimum absolute atomic E-state index is 0.0114. The van der Waals surface area contributed by atoms with Crippen molar-refractivity contribution in [2.24, 2.45) is 0 Å². The number of carbonyl (C=O) groups excluding carboxylic acids is 2. The third kappa shape index (κ3) is 6.29. The lowest BCUT2D eigenvalue weighted by Crippen LogP contribution is -2.04. The predicted octanol–water partition coefficient (Wildman–Crippen LogP) is 8.04. The van der Waals surface area contributed by atoms with Crippen molar-refractivity contribution in [1.29, 1.82) is 5.26 Å². The van der Waals surface area contributed by atoms with Crippen LogP contribution in [0, 0.1) is 25.2 Å². The Hall–Kier alpha value is -5.56. The summed E-state index contributed by atoms with van der Waals surface area (Å²) >= 11 is 12.9. The number of ether oxygens (including phenoxy) is 2. The summed E-state index contributed by atoms with van der Waals surface area (Å²) in [5.41, 5.74) is 7.68. The van der Waals surface area contributed by atoms with E-state index in [1.807, 2.05) is 50.2 Å². The molecule has 0 aliphatic rings. The second-order valence-corrected chi connectivity index (χ2v) is 11.5. The van der Waals surface area contributed by atoms with E-state index in [1.54, 1.807) is 36.7 Å². The summed E-state index contributed by atoms with van der Waals surface area (Å²) in [7, 11) is 0. The maximum Gasteiger partial charge on any atom is 0.182 e. The average molecular weight is 663 g/mol. The second-order valence-electron chi connectivity index (χ2n) is 10.6. The number of hydrogen-bond acceptors (Lipinski definition) is 8. The molecule has 0 aliphatic heterocycles. The Morgan fingerprint density at radius 3 is 2.36 bits per heavy atom. The highest BCUT2D eigenvalue weighted by molar-refractivity contribution is 6.33. The van der Waals surface area contributed by atoms with E-state index in [9.17, 15) is 14.9 Å². The number of aromatic nitrogens is 4. The minimum atomic E-state index is -0.0114. The smallest absolute Gasteiger partial charge is 0.182 e. The van der Waals surface area contributed by atoms with Crippen molar-refractivity contribution in [3.63, 3.8) is 0 Å². The number of nitriles is 1. The molecule has 6 aromatic rings. The maximum absolute atomic E-state index is 11.8. The van der Waals surface area contributed by atoms with Crippen LogP contribution in [0.1, 0.15) is 48.7 Å². The highest BCUT2D eigenvalue weighted by atomic mass is 35.5. The Labute approximate surface area is 280 Å². The van der Waals surface area contributed by atoms with Gasteiger partial charge in [-0.05, 0) is 65.9 Å². The molecule has 0 amide bonds. The van der Waals surface area contributed by atoms with Gasteiger partial charge in [0.25, 0.3) is 0 Å². The number of hydrogen-bond donors (Lipinski definition) is 0. The molecule has 6 rings (SSSR count). The first kappa shape index (κ1) is 31.4. The molecule has 0 fully saturated rings. The molecule has 232 valence electrons. The summed E-state index contributed by atoms with van der Waals surface area (Å²) in [4.78, 5) is 31.9. The van der Waals surface area contributed by atoms with E-state index in [0.29, 0.717) is 45.4 Å². The molecular weight excluding hydrogens is 637 g/mol. The number of carbonyl (C=O) groups is 2. The number of pyridine rings is 2. The third-order valence-electron chi connectivity index (χ3n) is 7.81. The fourth-order valence-electron chi connectivity index (χ4n) is 5.28. The molecule has 0 unspecified atom stereocenters. The fourth-order valence-corrected chi connectivity index (χ4v) is 5.76. The third-order valence-corrected chi connectivity index (χ3v) is 8.38. The Balaban J connectivity index is 1.26. The minimum Gasteiger partial charge on any atom is -0.487 e. The van der Waals surface area contributed by atoms with Crippen molar-refractivity contribution in [2.45, 2.75) is 27.1 Å². The second kappa shape index (κ2) is 13.4. The van der Waals surface area contributed by atoms with Gasteiger partial charge in [-0.3, -0.25) is 14.6 Å². The van der Waals surface area contributed by atoms with E-state index in [1.165, 1.54) is 10.6 Å². The van der Waals surface area contributed by atoms with E-state index in [-0.39, 0.29) is 29.5 Å². The number of nitrogens with zero attached hydrogens (tertiary/aromatic N) is 5. The maximum atomic E-state index is 11.8. The van der Waals surface area contributed by atoms with Crippen molar-refractivity contribution < 1.29 is 19.1 Å². The van der Waals surface area contributed by atoms with Crippen molar-refractivity contribution in [2.75, 3.05) is 0 Å². The van der Waals surface area contributed by atoms with Gasteiger partial charge in [0.2, 0.25) is 0 Å². The summed E-state index contributed by atoms with van der Waals surface area (Å²) in [5, 5.41) is 14.6. The zero-order chi connectivity index (χ0) is 33.1. The molecule has 3 aromatic carbocycles. The van der Waals surface area contributed by atoms with Crippen LogP contribution in [0.3, 0.4) is 0 Å². The van der Waals surface area contributed by atoms with E-state index in [0.717, 1.165) is 39.7 Å². The zero-order valence-electron chi connectivity index (χ0n) is 25.2. The SMILES string of the molecule is Cc1c(COc2cc(OCc3ncccc3C#N)c(C=O)cc2Cl)cccc1-c1cccc(-c2nc3c(Cl)cc(C=O)cn3n2)c1C. The summed E-state index contributed by atoms with van der Waals surface area (Å²) in [5.74, 6) is 1.09. The van der Waals surface area contributed by atoms with E-state index < -0.39 is 0 Å². The van der Waals surface area contributed by atoms with Gasteiger partial charge in [0, 0.05) is 29.6 Å². The number of fused-ring (bicyclic) bond motifs is 1. The average Bonchev–Trinajstić information content (AvgIpc) is 3.52. The normalized spacial score (nSPS) is 10.9. The van der Waals surface area contributed by atoms with Gasteiger partial charge < -0.3 is 9.47 Å². The zero-order valence-corrected chi connectivity index (χ0v) is 26.7. The Morgan fingerprint density at radius 1 is 0.851 bits per heavy atom. The lowest BCUT2D eigenvalue weighted by molar-refractivity contribution is 0.111. The summed E-state index contributed by atoms with van der Waals surface area (Å²) < 4.78 is 13.6. The molecule has 0 aliphatic carbocycles. The van der Waals surface area contributed by atoms with Gasteiger partial charge in [0.1, 0.15) is 30.8 Å². The molecule has 0 saturated carbocycles. The summed E-state index contributed by atoms with van der Waals surface area (Å²) in [6.45, 7) is 4.22. The molecule has 47 heavy (non-hydrogen) atoms. The van der Waals surface area contributed by atoms with Crippen molar-refractivity contribution in [3.05, 3.63) is 128 Å². The van der Waals surface area contributed by atoms with Crippen LogP contribution in [0.4, 0.5) is 0 Å². The van der Waals surface area contributed by atoms with Crippen molar-refractivity contribution in [3.8, 4) is 40.1 Å². The molecule has 11 heteroatoms. The van der Waals surface area contributed by atoms with Crippen LogP contribution in [-0.2, 0) is 13.2 Å². The van der Waals surface area contributed by atoms with Gasteiger partial charge >= 0.3 is 0 Å². The lowest BCUT2D eigenvalue weighted by atomic mass is 9.91. The lowest BCUT2D eigenvalue weighted by Gasteiger charge is -2.17. The summed E-state index contributed by atoms with van der Waals surface area (Å²) in [6, 6.07) is 21.9. The van der Waals surface area contributed by atoms with Gasteiger partial charge in [0.05, 0.1) is 26.9 Å².